The maximum absolute atomic E-state index is 14.3. The molecule has 2 aromatic heterocycles. The highest BCUT2D eigenvalue weighted by Crippen LogP contribution is 2.36. The van der Waals surface area contributed by atoms with Crippen LogP contribution in [-0.2, 0) is 41.9 Å². The molecule has 0 radical (unpaired) electrons. The molecule has 76 heavy (non-hydrogen) atoms. The van der Waals surface area contributed by atoms with Crippen LogP contribution in [0.4, 0.5) is 0 Å². The standard InChI is InChI=1S/C57H81N13O6/c1-38(58-3)50(71)35-42-25-15-16-26-43-29-31-48(69(43)56(42)75)54(73)61-51(40-21-11-9-12-22-40)46-36-67(65-63-46)33-19-7-5-6-8-20-34-68-37-47(64-66-68)52(41-23-13-10-14-24-41)62-55(74)49-32-30-44-27-17-18-28-45(57(76)70(44)49)60-53(72)39(2)59-4/h9-14,21-24,36-39,42-45,48-49,51-52,58-59H,5-8,15-20,25-35H2,1-4H3,(H,60,72)(H,61,73)(H,62,74)/t38-,39-,42+,43-,44-,45-,48-,49-,51-,52-/m0/s1. The molecule has 5 amide bonds. The molecule has 4 fully saturated rings. The molecular weight excluding hydrogens is 963 g/mol. The lowest BCUT2D eigenvalue weighted by Gasteiger charge is -2.36. The van der Waals surface area contributed by atoms with Crippen molar-refractivity contribution in [1.29, 1.82) is 0 Å². The normalized spacial score (nSPS) is 23.5. The van der Waals surface area contributed by atoms with Crippen molar-refractivity contribution >= 4 is 35.3 Å². The molecule has 19 nitrogen and oxygen atoms in total. The average molecular weight is 1040 g/mol. The van der Waals surface area contributed by atoms with Crippen LogP contribution in [0, 0.1) is 5.92 Å². The van der Waals surface area contributed by atoms with E-state index >= 15 is 0 Å². The third-order valence-electron chi connectivity index (χ3n) is 16.5. The fourth-order valence-electron chi connectivity index (χ4n) is 11.8. The zero-order valence-corrected chi connectivity index (χ0v) is 45.1. The van der Waals surface area contributed by atoms with Gasteiger partial charge >= 0.3 is 0 Å². The highest BCUT2D eigenvalue weighted by Gasteiger charge is 2.46. The first-order chi connectivity index (χ1) is 36.9. The molecule has 8 rings (SSSR count). The number of hydrogen-bond acceptors (Lipinski definition) is 12. The Balaban J connectivity index is 0.806. The lowest BCUT2D eigenvalue weighted by Crippen LogP contribution is -2.58. The lowest BCUT2D eigenvalue weighted by atomic mass is 9.89. The Hall–Kier alpha value is -6.34. The number of benzene rings is 2. The number of carbonyl (C=O) groups is 6. The van der Waals surface area contributed by atoms with Crippen molar-refractivity contribution in [1.82, 2.24) is 66.4 Å². The molecule has 410 valence electrons. The monoisotopic (exact) mass is 1040 g/mol. The zero-order valence-electron chi connectivity index (χ0n) is 45.1. The van der Waals surface area contributed by atoms with Gasteiger partial charge in [-0.25, -0.2) is 0 Å². The maximum atomic E-state index is 14.3. The van der Waals surface area contributed by atoms with Crippen LogP contribution in [0.15, 0.2) is 73.1 Å². The number of fused-ring (bicyclic) bond motifs is 2. The van der Waals surface area contributed by atoms with Gasteiger partial charge in [-0.1, -0.05) is 122 Å². The fourth-order valence-corrected chi connectivity index (χ4v) is 11.8. The topological polar surface area (TPSA) is 230 Å². The number of aryl methyl sites for hydroxylation is 2. The number of nitrogens with one attached hydrogen (secondary N) is 5. The van der Waals surface area contributed by atoms with E-state index < -0.39 is 42.2 Å². The average Bonchev–Trinajstić information content (AvgIpc) is 4.30. The molecule has 19 heteroatoms. The van der Waals surface area contributed by atoms with Gasteiger partial charge in [0, 0.05) is 37.5 Å². The SMILES string of the molecule is CN[C@@H](C)C(=O)C[C@H]1CCCC[C@H]2CC[C@@H](C(=O)N[C@@H](c3ccccc3)c3cn(CCCCCCCCn4cc([C@@H](NC(=O)[C@@H]5CC[C@@H]6CCCC[C@H](NC(=O)[C@H](C)NC)C(=O)N65)c5ccccc5)nn4)nn3)N2C1=O. The largest absolute Gasteiger partial charge is 0.343 e. The first-order valence-electron chi connectivity index (χ1n) is 28.3. The maximum Gasteiger partial charge on any atom is 0.246 e. The first-order valence-corrected chi connectivity index (χ1v) is 28.3. The van der Waals surface area contributed by atoms with Crippen LogP contribution in [0.3, 0.4) is 0 Å². The number of rotatable bonds is 24. The molecular formula is C57H81N13O6. The summed E-state index contributed by atoms with van der Waals surface area (Å²) in [4.78, 5) is 86.1. The number of amides is 5. The number of likely N-dealkylation sites (N-methyl/N-ethyl adjacent to an activating group) is 2. The number of ketones is 1. The van der Waals surface area contributed by atoms with Crippen molar-refractivity contribution in [2.24, 2.45) is 5.92 Å². The molecule has 0 saturated carbocycles. The second-order valence-corrected chi connectivity index (χ2v) is 21.6. The summed E-state index contributed by atoms with van der Waals surface area (Å²) in [6, 6.07) is 15.6. The number of Topliss-reactive ketones (excluding diaryl/α,β-unsaturated/α-hetero) is 1. The molecule has 0 spiro atoms. The van der Waals surface area contributed by atoms with Gasteiger partial charge in [0.15, 0.2) is 0 Å². The van der Waals surface area contributed by atoms with E-state index in [-0.39, 0.29) is 59.9 Å². The highest BCUT2D eigenvalue weighted by atomic mass is 16.2. The van der Waals surface area contributed by atoms with E-state index in [0.29, 0.717) is 50.2 Å². The van der Waals surface area contributed by atoms with Gasteiger partial charge in [-0.3, -0.25) is 38.1 Å². The zero-order chi connectivity index (χ0) is 53.6. The van der Waals surface area contributed by atoms with E-state index in [4.69, 9.17) is 0 Å². The molecule has 0 unspecified atom stereocenters. The molecule has 6 heterocycles. The molecule has 4 saturated heterocycles. The number of carbonyl (C=O) groups excluding carboxylic acids is 6. The van der Waals surface area contributed by atoms with Gasteiger partial charge in [-0.2, -0.15) is 0 Å². The summed E-state index contributed by atoms with van der Waals surface area (Å²) in [6.45, 7) is 4.95. The van der Waals surface area contributed by atoms with E-state index in [9.17, 15) is 28.8 Å². The number of hydrogen-bond donors (Lipinski definition) is 5. The smallest absolute Gasteiger partial charge is 0.246 e. The molecule has 4 aromatic rings. The fraction of sp³-hybridized carbons (Fsp3) is 0.614. The summed E-state index contributed by atoms with van der Waals surface area (Å²) in [5, 5.41) is 33.4. The Morgan fingerprint density at radius 2 is 1.03 bits per heavy atom. The van der Waals surface area contributed by atoms with Crippen LogP contribution >= 0.6 is 0 Å². The van der Waals surface area contributed by atoms with E-state index in [1.807, 2.05) is 94.2 Å². The van der Waals surface area contributed by atoms with Gasteiger partial charge in [0.1, 0.15) is 35.3 Å². The summed E-state index contributed by atoms with van der Waals surface area (Å²) >= 11 is 0. The van der Waals surface area contributed by atoms with Crippen molar-refractivity contribution < 1.29 is 28.8 Å². The van der Waals surface area contributed by atoms with Gasteiger partial charge in [0.05, 0.1) is 36.6 Å². The predicted molar refractivity (Wildman–Crippen MR) is 287 cm³/mol. The highest BCUT2D eigenvalue weighted by molar-refractivity contribution is 5.95. The van der Waals surface area contributed by atoms with E-state index in [1.54, 1.807) is 25.9 Å². The van der Waals surface area contributed by atoms with Crippen molar-refractivity contribution in [2.45, 2.75) is 203 Å². The van der Waals surface area contributed by atoms with Crippen molar-refractivity contribution in [3.8, 4) is 0 Å². The Morgan fingerprint density at radius 1 is 0.566 bits per heavy atom. The van der Waals surface area contributed by atoms with Crippen LogP contribution < -0.4 is 26.6 Å². The molecule has 5 N–H and O–H groups in total. The minimum absolute atomic E-state index is 0.00987. The molecule has 0 aliphatic carbocycles. The van der Waals surface area contributed by atoms with Crippen LogP contribution in [0.25, 0.3) is 0 Å². The number of aromatic nitrogens is 6. The Bertz CT molecular complexity index is 2380. The third kappa shape index (κ3) is 14.0. The molecule has 10 atom stereocenters. The van der Waals surface area contributed by atoms with Crippen molar-refractivity contribution in [3.05, 3.63) is 95.6 Å². The van der Waals surface area contributed by atoms with Gasteiger partial charge in [0.25, 0.3) is 0 Å². The van der Waals surface area contributed by atoms with Crippen molar-refractivity contribution in [2.75, 3.05) is 14.1 Å². The first kappa shape index (κ1) is 55.9. The third-order valence-corrected chi connectivity index (χ3v) is 16.5. The second-order valence-electron chi connectivity index (χ2n) is 21.6. The number of unbranched alkanes of at least 4 members (excludes halogenated alkanes) is 5. The van der Waals surface area contributed by atoms with Crippen molar-refractivity contribution in [3.63, 3.8) is 0 Å². The molecule has 4 aliphatic rings. The Kier molecular flexibility index (Phi) is 19.9. The summed E-state index contributed by atoms with van der Waals surface area (Å²) in [5.74, 6) is -1.36. The van der Waals surface area contributed by atoms with Crippen LogP contribution in [-0.4, -0.2) is 131 Å². The molecule has 0 bridgehead atoms. The Morgan fingerprint density at radius 3 is 1.53 bits per heavy atom. The predicted octanol–water partition coefficient (Wildman–Crippen LogP) is 5.46. The Labute approximate surface area is 447 Å². The van der Waals surface area contributed by atoms with Gasteiger partial charge in [0.2, 0.25) is 29.5 Å². The van der Waals surface area contributed by atoms with Crippen LogP contribution in [0.5, 0.6) is 0 Å². The summed E-state index contributed by atoms with van der Waals surface area (Å²) < 4.78 is 3.68. The number of nitrogens with zero attached hydrogens (tertiary/aromatic N) is 8. The van der Waals surface area contributed by atoms with E-state index in [1.165, 1.54) is 0 Å². The summed E-state index contributed by atoms with van der Waals surface area (Å²) in [5.41, 5.74) is 3.00. The van der Waals surface area contributed by atoms with E-state index in [2.05, 4.69) is 47.2 Å². The summed E-state index contributed by atoms with van der Waals surface area (Å²) in [7, 11) is 3.46. The van der Waals surface area contributed by atoms with Gasteiger partial charge in [-0.15, -0.1) is 10.2 Å². The minimum atomic E-state index is -0.676. The lowest BCUT2D eigenvalue weighted by molar-refractivity contribution is -0.146. The second kappa shape index (κ2) is 27.1. The quantitative estimate of drug-likeness (QED) is 0.0551. The molecule has 4 aliphatic heterocycles. The van der Waals surface area contributed by atoms with Gasteiger partial charge in [-0.05, 0) is 103 Å². The van der Waals surface area contributed by atoms with Crippen LogP contribution in [0.2, 0.25) is 0 Å². The molecule has 2 aromatic carbocycles. The van der Waals surface area contributed by atoms with E-state index in [0.717, 1.165) is 101 Å². The van der Waals surface area contributed by atoms with Crippen LogP contribution in [0.1, 0.15) is 170 Å². The minimum Gasteiger partial charge on any atom is -0.343 e. The van der Waals surface area contributed by atoms with Gasteiger partial charge < -0.3 is 36.4 Å². The summed E-state index contributed by atoms with van der Waals surface area (Å²) in [6.07, 6.45) is 19.1.